The highest BCUT2D eigenvalue weighted by Gasteiger charge is 2.11. The lowest BCUT2D eigenvalue weighted by Crippen LogP contribution is -2.30. The second-order valence-corrected chi connectivity index (χ2v) is 7.41. The molecule has 0 aliphatic heterocycles. The smallest absolute Gasteiger partial charge is 0.331 e. The minimum Gasteiger partial charge on any atom is -0.452 e. The normalized spacial score (nSPS) is 12.3. The quantitative estimate of drug-likeness (QED) is 0.553. The highest BCUT2D eigenvalue weighted by Crippen LogP contribution is 2.15. The molecule has 0 fully saturated rings. The molecule has 1 aromatic heterocycles. The van der Waals surface area contributed by atoms with Gasteiger partial charge in [-0.3, -0.25) is 4.79 Å². The van der Waals surface area contributed by atoms with E-state index in [4.69, 9.17) is 4.74 Å². The first kappa shape index (κ1) is 19.9. The summed E-state index contributed by atoms with van der Waals surface area (Å²) in [6.45, 7) is 6.00. The van der Waals surface area contributed by atoms with Crippen LogP contribution in [0.4, 0.5) is 0 Å². The molecular formula is C21H25NO3S. The molecule has 26 heavy (non-hydrogen) atoms. The Morgan fingerprint density at radius 2 is 1.88 bits per heavy atom. The van der Waals surface area contributed by atoms with E-state index in [9.17, 15) is 9.59 Å². The molecule has 1 atom stereocenters. The van der Waals surface area contributed by atoms with Gasteiger partial charge in [0.2, 0.25) is 0 Å². The number of nitrogens with one attached hydrogen (secondary N) is 1. The van der Waals surface area contributed by atoms with E-state index in [-0.39, 0.29) is 18.6 Å². The zero-order valence-corrected chi connectivity index (χ0v) is 16.2. The average Bonchev–Trinajstić information content (AvgIpc) is 3.11. The van der Waals surface area contributed by atoms with Gasteiger partial charge in [-0.2, -0.15) is 11.3 Å². The molecule has 0 spiro atoms. The molecule has 0 saturated heterocycles. The van der Waals surface area contributed by atoms with Crippen molar-refractivity contribution in [2.45, 2.75) is 33.2 Å². The number of hydrogen-bond donors (Lipinski definition) is 1. The van der Waals surface area contributed by atoms with Gasteiger partial charge in [-0.15, -0.1) is 0 Å². The summed E-state index contributed by atoms with van der Waals surface area (Å²) in [5.41, 5.74) is 3.24. The summed E-state index contributed by atoms with van der Waals surface area (Å²) < 4.78 is 4.97. The first-order valence-corrected chi connectivity index (χ1v) is 9.63. The first-order chi connectivity index (χ1) is 12.4. The van der Waals surface area contributed by atoms with Crippen molar-refractivity contribution in [3.63, 3.8) is 0 Å². The van der Waals surface area contributed by atoms with E-state index < -0.39 is 5.97 Å². The Labute approximate surface area is 158 Å². The third-order valence-corrected chi connectivity index (χ3v) is 4.50. The SMILES string of the molecule is CC(C)Cc1ccc([C@H](C)NC(=O)COC(=O)/C=C/c2ccsc2)cc1. The molecule has 1 N–H and O–H groups in total. The van der Waals surface area contributed by atoms with Gasteiger partial charge in [-0.05, 0) is 58.9 Å². The molecule has 0 bridgehead atoms. The number of esters is 1. The molecule has 138 valence electrons. The van der Waals surface area contributed by atoms with E-state index in [0.717, 1.165) is 17.5 Å². The lowest BCUT2D eigenvalue weighted by molar-refractivity contribution is -0.144. The topological polar surface area (TPSA) is 55.4 Å². The van der Waals surface area contributed by atoms with Crippen LogP contribution < -0.4 is 5.32 Å². The summed E-state index contributed by atoms with van der Waals surface area (Å²) in [5, 5.41) is 6.69. The molecule has 1 amide bonds. The maximum absolute atomic E-state index is 12.0. The second kappa shape index (κ2) is 9.92. The Hall–Kier alpha value is -2.40. The molecule has 1 heterocycles. The van der Waals surface area contributed by atoms with Crippen LogP contribution in [0.5, 0.6) is 0 Å². The van der Waals surface area contributed by atoms with Crippen molar-refractivity contribution in [2.75, 3.05) is 6.61 Å². The van der Waals surface area contributed by atoms with E-state index in [1.54, 1.807) is 17.4 Å². The molecule has 1 aromatic carbocycles. The predicted molar refractivity (Wildman–Crippen MR) is 106 cm³/mol. The van der Waals surface area contributed by atoms with E-state index in [0.29, 0.717) is 5.92 Å². The fourth-order valence-corrected chi connectivity index (χ4v) is 3.13. The monoisotopic (exact) mass is 371 g/mol. The maximum Gasteiger partial charge on any atom is 0.331 e. The van der Waals surface area contributed by atoms with Gasteiger partial charge < -0.3 is 10.1 Å². The molecular weight excluding hydrogens is 346 g/mol. The third kappa shape index (κ3) is 6.84. The van der Waals surface area contributed by atoms with Gasteiger partial charge >= 0.3 is 5.97 Å². The lowest BCUT2D eigenvalue weighted by Gasteiger charge is -2.15. The van der Waals surface area contributed by atoms with Crippen LogP contribution in [0.15, 0.2) is 47.2 Å². The van der Waals surface area contributed by atoms with Gasteiger partial charge in [0.25, 0.3) is 5.91 Å². The van der Waals surface area contributed by atoms with Gasteiger partial charge in [0.1, 0.15) is 0 Å². The Bertz CT molecular complexity index is 733. The second-order valence-electron chi connectivity index (χ2n) is 6.63. The van der Waals surface area contributed by atoms with E-state index in [1.807, 2.05) is 35.9 Å². The van der Waals surface area contributed by atoms with Gasteiger partial charge in [-0.1, -0.05) is 38.1 Å². The van der Waals surface area contributed by atoms with Crippen LogP contribution in [-0.2, 0) is 20.7 Å². The largest absolute Gasteiger partial charge is 0.452 e. The van der Waals surface area contributed by atoms with Crippen LogP contribution in [0.1, 0.15) is 43.5 Å². The minimum atomic E-state index is -0.531. The zero-order chi connectivity index (χ0) is 18.9. The standard InChI is InChI=1S/C21H25NO3S/c1-15(2)12-17-4-7-19(8-5-17)16(3)22-20(23)13-25-21(24)9-6-18-10-11-26-14-18/h4-11,14-16H,12-13H2,1-3H3,(H,22,23)/b9-6+/t16-/m0/s1. The predicted octanol–water partition coefficient (Wildman–Crippen LogP) is 4.38. The first-order valence-electron chi connectivity index (χ1n) is 8.69. The van der Waals surface area contributed by atoms with E-state index in [1.165, 1.54) is 11.6 Å². The highest BCUT2D eigenvalue weighted by atomic mass is 32.1. The summed E-state index contributed by atoms with van der Waals surface area (Å²) in [6.07, 6.45) is 4.03. The Morgan fingerprint density at radius 1 is 1.15 bits per heavy atom. The van der Waals surface area contributed by atoms with Gasteiger partial charge in [-0.25, -0.2) is 4.79 Å². The summed E-state index contributed by atoms with van der Waals surface area (Å²) >= 11 is 1.55. The van der Waals surface area contributed by atoms with Gasteiger partial charge in [0.15, 0.2) is 6.61 Å². The van der Waals surface area contributed by atoms with Crippen LogP contribution in [0.3, 0.4) is 0 Å². The Balaban J connectivity index is 1.76. The summed E-state index contributed by atoms with van der Waals surface area (Å²) in [4.78, 5) is 23.6. The number of amides is 1. The van der Waals surface area contributed by atoms with Crippen molar-refractivity contribution < 1.29 is 14.3 Å². The summed E-state index contributed by atoms with van der Waals surface area (Å²) in [6, 6.07) is 9.99. The number of ether oxygens (including phenoxy) is 1. The molecule has 2 aromatic rings. The average molecular weight is 372 g/mol. The van der Waals surface area contributed by atoms with Crippen molar-refractivity contribution in [1.29, 1.82) is 0 Å². The maximum atomic E-state index is 12.0. The van der Waals surface area contributed by atoms with Crippen LogP contribution in [0.2, 0.25) is 0 Å². The van der Waals surface area contributed by atoms with E-state index >= 15 is 0 Å². The Kier molecular flexibility index (Phi) is 7.60. The van der Waals surface area contributed by atoms with Gasteiger partial charge in [0, 0.05) is 6.08 Å². The number of carbonyl (C=O) groups is 2. The zero-order valence-electron chi connectivity index (χ0n) is 15.4. The summed E-state index contributed by atoms with van der Waals surface area (Å²) in [5.74, 6) is -0.237. The van der Waals surface area contributed by atoms with Crippen LogP contribution in [0.25, 0.3) is 6.08 Å². The number of carbonyl (C=O) groups excluding carboxylic acids is 2. The molecule has 4 nitrogen and oxygen atoms in total. The lowest BCUT2D eigenvalue weighted by atomic mass is 10.00. The number of benzene rings is 1. The van der Waals surface area contributed by atoms with Crippen LogP contribution in [0, 0.1) is 5.92 Å². The molecule has 5 heteroatoms. The van der Waals surface area contributed by atoms with Crippen molar-refractivity contribution in [2.24, 2.45) is 5.92 Å². The van der Waals surface area contributed by atoms with E-state index in [2.05, 4.69) is 31.3 Å². The fourth-order valence-electron chi connectivity index (χ4n) is 2.50. The summed E-state index contributed by atoms with van der Waals surface area (Å²) in [7, 11) is 0. The van der Waals surface area contributed by atoms with Crippen LogP contribution in [-0.4, -0.2) is 18.5 Å². The van der Waals surface area contributed by atoms with Gasteiger partial charge in [0.05, 0.1) is 6.04 Å². The fraction of sp³-hybridized carbons (Fsp3) is 0.333. The Morgan fingerprint density at radius 3 is 2.50 bits per heavy atom. The third-order valence-electron chi connectivity index (χ3n) is 3.80. The molecule has 0 aliphatic carbocycles. The van der Waals surface area contributed by atoms with Crippen molar-refractivity contribution >= 4 is 29.3 Å². The molecule has 0 radical (unpaired) electrons. The highest BCUT2D eigenvalue weighted by molar-refractivity contribution is 7.08. The van der Waals surface area contributed by atoms with Crippen LogP contribution >= 0.6 is 11.3 Å². The number of thiophene rings is 1. The molecule has 0 unspecified atom stereocenters. The van der Waals surface area contributed by atoms with Crippen molar-refractivity contribution in [1.82, 2.24) is 5.32 Å². The molecule has 0 aliphatic rings. The molecule has 0 saturated carbocycles. The number of hydrogen-bond acceptors (Lipinski definition) is 4. The molecule has 2 rings (SSSR count). The minimum absolute atomic E-state index is 0.143. The number of rotatable bonds is 8. The van der Waals surface area contributed by atoms with Crippen molar-refractivity contribution in [3.8, 4) is 0 Å². The van der Waals surface area contributed by atoms with Crippen molar-refractivity contribution in [3.05, 3.63) is 63.9 Å².